The van der Waals surface area contributed by atoms with Crippen LogP contribution in [0.4, 0.5) is 0 Å². The molecule has 0 amide bonds. The van der Waals surface area contributed by atoms with Crippen molar-refractivity contribution in [2.45, 2.75) is 20.8 Å². The van der Waals surface area contributed by atoms with Crippen LogP contribution in [0.3, 0.4) is 0 Å². The maximum absolute atomic E-state index is 5.65. The Morgan fingerprint density at radius 2 is 2.00 bits per heavy atom. The van der Waals surface area contributed by atoms with Gasteiger partial charge in [-0.25, -0.2) is 4.98 Å². The van der Waals surface area contributed by atoms with Crippen LogP contribution in [0.15, 0.2) is 24.5 Å². The van der Waals surface area contributed by atoms with E-state index < -0.39 is 0 Å². The number of benzene rings is 1. The Hall–Kier alpha value is -1.68. The summed E-state index contributed by atoms with van der Waals surface area (Å²) in [6.07, 6.45) is 1.83. The first-order chi connectivity index (χ1) is 8.00. The van der Waals surface area contributed by atoms with Gasteiger partial charge in [-0.05, 0) is 44.5 Å². The molecular weight excluding hydrogens is 230 g/mol. The van der Waals surface area contributed by atoms with Crippen molar-refractivity contribution in [3.05, 3.63) is 47.0 Å². The second-order valence-electron chi connectivity index (χ2n) is 4.15. The van der Waals surface area contributed by atoms with E-state index in [0.29, 0.717) is 4.99 Å². The molecule has 0 saturated heterocycles. The van der Waals surface area contributed by atoms with Gasteiger partial charge in [0.05, 0.1) is 12.0 Å². The van der Waals surface area contributed by atoms with Gasteiger partial charge in [-0.3, -0.25) is 0 Å². The third-order valence-corrected chi connectivity index (χ3v) is 3.23. The average Bonchev–Trinajstić information content (AvgIpc) is 2.59. The van der Waals surface area contributed by atoms with E-state index in [1.54, 1.807) is 0 Å². The Labute approximate surface area is 106 Å². The van der Waals surface area contributed by atoms with E-state index >= 15 is 0 Å². The third kappa shape index (κ3) is 2.08. The molecule has 0 fully saturated rings. The van der Waals surface area contributed by atoms with E-state index in [9.17, 15) is 0 Å². The zero-order chi connectivity index (χ0) is 12.6. The number of rotatable bonds is 2. The fourth-order valence-electron chi connectivity index (χ4n) is 1.83. The van der Waals surface area contributed by atoms with Gasteiger partial charge in [0.25, 0.3) is 0 Å². The fourth-order valence-corrected chi connectivity index (χ4v) is 2.06. The molecule has 17 heavy (non-hydrogen) atoms. The second kappa shape index (κ2) is 4.30. The molecule has 2 aromatic rings. The van der Waals surface area contributed by atoms with Gasteiger partial charge in [-0.2, -0.15) is 0 Å². The van der Waals surface area contributed by atoms with Crippen molar-refractivity contribution in [3.63, 3.8) is 0 Å². The third-order valence-electron chi connectivity index (χ3n) is 3.01. The van der Waals surface area contributed by atoms with Crippen LogP contribution in [-0.4, -0.2) is 14.5 Å². The lowest BCUT2D eigenvalue weighted by atomic mass is 10.1. The van der Waals surface area contributed by atoms with E-state index in [2.05, 4.69) is 22.5 Å². The largest absolute Gasteiger partial charge is 0.389 e. The number of imidazole rings is 1. The molecule has 88 valence electrons. The number of hydrogen-bond donors (Lipinski definition) is 1. The smallest absolute Gasteiger partial charge is 0.104 e. The summed E-state index contributed by atoms with van der Waals surface area (Å²) in [7, 11) is 0. The summed E-state index contributed by atoms with van der Waals surface area (Å²) >= 11 is 5.00. The highest BCUT2D eigenvalue weighted by molar-refractivity contribution is 7.80. The standard InChI is InChI=1S/C13H15N3S/c1-8-6-11(4-5-12(8)13(14)17)16-7-15-9(2)10(16)3/h4-7H,1-3H3,(H2,14,17). The SMILES string of the molecule is Cc1cc(-n2cnc(C)c2C)ccc1C(N)=S. The van der Waals surface area contributed by atoms with Crippen molar-refractivity contribution >= 4 is 17.2 Å². The Bertz CT molecular complexity index is 584. The molecule has 0 saturated carbocycles. The first-order valence-electron chi connectivity index (χ1n) is 5.42. The number of aryl methyl sites for hydroxylation is 2. The molecule has 4 heteroatoms. The molecule has 0 spiro atoms. The summed E-state index contributed by atoms with van der Waals surface area (Å²) < 4.78 is 2.06. The Balaban J connectivity index is 2.52. The van der Waals surface area contributed by atoms with Crippen LogP contribution in [0.25, 0.3) is 5.69 Å². The lowest BCUT2D eigenvalue weighted by Crippen LogP contribution is -2.11. The fraction of sp³-hybridized carbons (Fsp3) is 0.231. The van der Waals surface area contributed by atoms with E-state index in [1.165, 1.54) is 0 Å². The van der Waals surface area contributed by atoms with Crippen LogP contribution in [0.1, 0.15) is 22.5 Å². The minimum Gasteiger partial charge on any atom is -0.389 e. The van der Waals surface area contributed by atoms with Crippen LogP contribution in [0, 0.1) is 20.8 Å². The molecule has 1 aromatic heterocycles. The van der Waals surface area contributed by atoms with Crippen LogP contribution < -0.4 is 5.73 Å². The molecular formula is C13H15N3S. The first-order valence-corrected chi connectivity index (χ1v) is 5.83. The molecule has 0 unspecified atom stereocenters. The van der Waals surface area contributed by atoms with Crippen LogP contribution >= 0.6 is 12.2 Å². The normalized spacial score (nSPS) is 10.5. The van der Waals surface area contributed by atoms with E-state index in [4.69, 9.17) is 18.0 Å². The van der Waals surface area contributed by atoms with Gasteiger partial charge < -0.3 is 10.3 Å². The van der Waals surface area contributed by atoms with Gasteiger partial charge in [0.2, 0.25) is 0 Å². The molecule has 0 aliphatic rings. The molecule has 0 bridgehead atoms. The highest BCUT2D eigenvalue weighted by Gasteiger charge is 2.07. The number of aromatic nitrogens is 2. The van der Waals surface area contributed by atoms with Crippen molar-refractivity contribution in [1.29, 1.82) is 0 Å². The maximum atomic E-state index is 5.65. The highest BCUT2D eigenvalue weighted by atomic mass is 32.1. The number of nitrogens with zero attached hydrogens (tertiary/aromatic N) is 2. The molecule has 2 rings (SSSR count). The van der Waals surface area contributed by atoms with Crippen molar-refractivity contribution < 1.29 is 0 Å². The Kier molecular flexibility index (Phi) is 2.98. The van der Waals surface area contributed by atoms with Crippen molar-refractivity contribution in [1.82, 2.24) is 9.55 Å². The number of nitrogens with two attached hydrogens (primary N) is 1. The van der Waals surface area contributed by atoms with Gasteiger partial charge in [-0.1, -0.05) is 12.2 Å². The van der Waals surface area contributed by atoms with Crippen molar-refractivity contribution in [2.75, 3.05) is 0 Å². The van der Waals surface area contributed by atoms with Crippen molar-refractivity contribution in [3.8, 4) is 5.69 Å². The summed E-state index contributed by atoms with van der Waals surface area (Å²) in [5, 5.41) is 0. The highest BCUT2D eigenvalue weighted by Crippen LogP contribution is 2.17. The Morgan fingerprint density at radius 1 is 1.29 bits per heavy atom. The molecule has 3 nitrogen and oxygen atoms in total. The van der Waals surface area contributed by atoms with Gasteiger partial charge in [0.1, 0.15) is 4.99 Å². The number of hydrogen-bond acceptors (Lipinski definition) is 2. The zero-order valence-corrected chi connectivity index (χ0v) is 11.0. The summed E-state index contributed by atoms with van der Waals surface area (Å²) in [5.41, 5.74) is 10.9. The topological polar surface area (TPSA) is 43.8 Å². The lowest BCUT2D eigenvalue weighted by Gasteiger charge is -2.09. The van der Waals surface area contributed by atoms with E-state index in [-0.39, 0.29) is 0 Å². The monoisotopic (exact) mass is 245 g/mol. The van der Waals surface area contributed by atoms with E-state index in [0.717, 1.165) is 28.2 Å². The molecule has 0 atom stereocenters. The molecule has 0 aliphatic carbocycles. The van der Waals surface area contributed by atoms with Gasteiger partial charge in [0, 0.05) is 16.9 Å². The predicted molar refractivity (Wildman–Crippen MR) is 73.7 cm³/mol. The molecule has 0 aliphatic heterocycles. The zero-order valence-electron chi connectivity index (χ0n) is 10.2. The molecule has 0 radical (unpaired) electrons. The molecule has 2 N–H and O–H groups in total. The lowest BCUT2D eigenvalue weighted by molar-refractivity contribution is 0.998. The van der Waals surface area contributed by atoms with Crippen LogP contribution in [0.5, 0.6) is 0 Å². The maximum Gasteiger partial charge on any atom is 0.104 e. The number of thiocarbonyl (C=S) groups is 1. The van der Waals surface area contributed by atoms with Gasteiger partial charge >= 0.3 is 0 Å². The Morgan fingerprint density at radius 3 is 2.47 bits per heavy atom. The van der Waals surface area contributed by atoms with Gasteiger partial charge in [0.15, 0.2) is 0 Å². The predicted octanol–water partition coefficient (Wildman–Crippen LogP) is 2.43. The quantitative estimate of drug-likeness (QED) is 0.826. The molecule has 1 aromatic carbocycles. The van der Waals surface area contributed by atoms with Crippen LogP contribution in [0.2, 0.25) is 0 Å². The summed E-state index contributed by atoms with van der Waals surface area (Å²) in [4.78, 5) is 4.73. The summed E-state index contributed by atoms with van der Waals surface area (Å²) in [5.74, 6) is 0. The summed E-state index contributed by atoms with van der Waals surface area (Å²) in [6.45, 7) is 6.07. The first kappa shape index (κ1) is 11.8. The summed E-state index contributed by atoms with van der Waals surface area (Å²) in [6, 6.07) is 6.04. The minimum atomic E-state index is 0.438. The van der Waals surface area contributed by atoms with E-state index in [1.807, 2.05) is 32.3 Å². The average molecular weight is 245 g/mol. The van der Waals surface area contributed by atoms with Crippen molar-refractivity contribution in [2.24, 2.45) is 5.73 Å². The van der Waals surface area contributed by atoms with Gasteiger partial charge in [-0.15, -0.1) is 0 Å². The second-order valence-corrected chi connectivity index (χ2v) is 4.59. The minimum absolute atomic E-state index is 0.438. The van der Waals surface area contributed by atoms with Crippen LogP contribution in [-0.2, 0) is 0 Å². The molecule has 1 heterocycles.